The van der Waals surface area contributed by atoms with Gasteiger partial charge in [-0.05, 0) is 40.0 Å². The molecule has 26 heavy (non-hydrogen) atoms. The monoisotopic (exact) mass is 411 g/mol. The van der Waals surface area contributed by atoms with Gasteiger partial charge in [-0.3, -0.25) is 9.59 Å². The zero-order chi connectivity index (χ0) is 17.8. The van der Waals surface area contributed by atoms with Crippen LogP contribution in [0.5, 0.6) is 0 Å². The van der Waals surface area contributed by atoms with Gasteiger partial charge in [0.2, 0.25) is 5.91 Å². The number of carbonyl (C=O) groups excluding carboxylic acids is 2. The molecule has 3 saturated heterocycles. The molecule has 0 radical (unpaired) electrons. The van der Waals surface area contributed by atoms with Gasteiger partial charge in [-0.25, -0.2) is 14.9 Å². The number of para-hydroxylation sites is 1. The van der Waals surface area contributed by atoms with Gasteiger partial charge in [0.05, 0.1) is 17.6 Å². The van der Waals surface area contributed by atoms with Crippen LogP contribution in [-0.4, -0.2) is 41.0 Å². The number of hydrogen-bond donors (Lipinski definition) is 0. The third kappa shape index (κ3) is 2.16. The highest BCUT2D eigenvalue weighted by Crippen LogP contribution is 2.49. The van der Waals surface area contributed by atoms with Gasteiger partial charge >= 0.3 is 0 Å². The largest absolute Gasteiger partial charge is 0.274 e. The first-order valence-electron chi connectivity index (χ1n) is 8.89. The van der Waals surface area contributed by atoms with Crippen molar-refractivity contribution >= 4 is 33.4 Å². The molecule has 0 bridgehead atoms. The Morgan fingerprint density at radius 2 is 1.46 bits per heavy atom. The van der Waals surface area contributed by atoms with Crippen LogP contribution < -0.4 is 4.90 Å². The maximum atomic E-state index is 13.4. The van der Waals surface area contributed by atoms with Crippen LogP contribution in [0.4, 0.5) is 5.69 Å². The number of anilines is 1. The Bertz CT molecular complexity index is 888. The van der Waals surface area contributed by atoms with Gasteiger partial charge in [0.25, 0.3) is 5.91 Å². The van der Waals surface area contributed by atoms with Gasteiger partial charge in [0.1, 0.15) is 6.04 Å². The lowest BCUT2D eigenvalue weighted by atomic mass is 9.90. The lowest BCUT2D eigenvalue weighted by molar-refractivity contribution is -0.126. The zero-order valence-electron chi connectivity index (χ0n) is 14.1. The predicted octanol–water partition coefficient (Wildman–Crippen LogP) is 2.98. The molecule has 2 aromatic carbocycles. The number of benzene rings is 2. The molecular formula is C20H18BrN3O2. The molecule has 6 heteroatoms. The van der Waals surface area contributed by atoms with Crippen molar-refractivity contribution in [1.29, 1.82) is 0 Å². The van der Waals surface area contributed by atoms with E-state index in [1.54, 1.807) is 0 Å². The fraction of sp³-hybridized carbons (Fsp3) is 0.300. The molecule has 0 saturated carbocycles. The number of nitrogens with zero attached hydrogens (tertiary/aromatic N) is 3. The predicted molar refractivity (Wildman–Crippen MR) is 101 cm³/mol. The number of rotatable bonds is 2. The highest BCUT2D eigenvalue weighted by atomic mass is 79.9. The van der Waals surface area contributed by atoms with Crippen LogP contribution >= 0.6 is 15.9 Å². The van der Waals surface area contributed by atoms with Crippen LogP contribution in [0.2, 0.25) is 0 Å². The van der Waals surface area contributed by atoms with E-state index in [9.17, 15) is 9.59 Å². The molecule has 0 spiro atoms. The van der Waals surface area contributed by atoms with Crippen molar-refractivity contribution in [3.8, 4) is 0 Å². The van der Waals surface area contributed by atoms with Crippen LogP contribution in [-0.2, 0) is 9.59 Å². The van der Waals surface area contributed by atoms with E-state index >= 15 is 0 Å². The second-order valence-corrected chi connectivity index (χ2v) is 7.82. The van der Waals surface area contributed by atoms with Crippen LogP contribution in [0, 0.1) is 5.92 Å². The molecule has 5 nitrogen and oxygen atoms in total. The Morgan fingerprint density at radius 1 is 0.808 bits per heavy atom. The summed E-state index contributed by atoms with van der Waals surface area (Å²) in [5.41, 5.74) is 1.73. The summed E-state index contributed by atoms with van der Waals surface area (Å²) in [4.78, 5) is 28.1. The van der Waals surface area contributed by atoms with Crippen LogP contribution in [0.15, 0.2) is 59.1 Å². The van der Waals surface area contributed by atoms with Gasteiger partial charge in [-0.1, -0.05) is 42.5 Å². The van der Waals surface area contributed by atoms with E-state index in [1.807, 2.05) is 42.5 Å². The first-order chi connectivity index (χ1) is 12.7. The van der Waals surface area contributed by atoms with Gasteiger partial charge in [0.15, 0.2) is 0 Å². The van der Waals surface area contributed by atoms with Crippen molar-refractivity contribution in [3.05, 3.63) is 64.6 Å². The smallest absolute Gasteiger partial charge is 0.253 e. The first kappa shape index (κ1) is 16.2. The lowest BCUT2D eigenvalue weighted by Gasteiger charge is -2.30. The molecule has 0 unspecified atom stereocenters. The van der Waals surface area contributed by atoms with Gasteiger partial charge in [-0.2, -0.15) is 0 Å². The summed E-state index contributed by atoms with van der Waals surface area (Å²) in [5, 5.41) is 4.36. The van der Waals surface area contributed by atoms with Crippen LogP contribution in [0.1, 0.15) is 18.0 Å². The summed E-state index contributed by atoms with van der Waals surface area (Å²) >= 11 is 3.49. The highest BCUT2D eigenvalue weighted by Gasteiger charge is 2.62. The summed E-state index contributed by atoms with van der Waals surface area (Å²) < 4.78 is 0.760. The number of amides is 2. The van der Waals surface area contributed by atoms with Gasteiger partial charge in [0, 0.05) is 17.6 Å². The minimum absolute atomic E-state index is 0.0763. The molecule has 132 valence electrons. The minimum Gasteiger partial charge on any atom is -0.274 e. The maximum Gasteiger partial charge on any atom is 0.253 e. The maximum absolute atomic E-state index is 13.4. The van der Waals surface area contributed by atoms with Crippen molar-refractivity contribution in [2.75, 3.05) is 18.0 Å². The Balaban J connectivity index is 1.61. The Hall–Kier alpha value is -2.02. The van der Waals surface area contributed by atoms with Gasteiger partial charge in [-0.15, -0.1) is 0 Å². The molecule has 3 heterocycles. The second-order valence-electron chi connectivity index (χ2n) is 6.97. The molecule has 3 aliphatic rings. The molecule has 3 atom stereocenters. The molecule has 0 aromatic heterocycles. The Kier molecular flexibility index (Phi) is 3.74. The lowest BCUT2D eigenvalue weighted by Crippen LogP contribution is -2.44. The van der Waals surface area contributed by atoms with E-state index in [0.29, 0.717) is 5.69 Å². The standard InChI is InChI=1S/C20H18BrN3O2/c21-14-9-4-5-10-15(14)24-19(25)16-17(13-7-2-1-3-8-13)22-11-6-12-23(22)18(16)20(24)26/h1-5,7-10,16-18H,6,11-12H2/t16-,17+,18+/m1/s1. The van der Waals surface area contributed by atoms with Crippen molar-refractivity contribution in [2.45, 2.75) is 18.5 Å². The summed E-state index contributed by atoms with van der Waals surface area (Å²) in [7, 11) is 0. The van der Waals surface area contributed by atoms with Crippen molar-refractivity contribution < 1.29 is 9.59 Å². The van der Waals surface area contributed by atoms with Gasteiger partial charge < -0.3 is 0 Å². The molecule has 0 aliphatic carbocycles. The molecule has 2 aromatic rings. The third-order valence-electron chi connectivity index (χ3n) is 5.64. The number of halogens is 1. The summed E-state index contributed by atoms with van der Waals surface area (Å²) in [6.45, 7) is 1.72. The van der Waals surface area contributed by atoms with E-state index in [4.69, 9.17) is 0 Å². The van der Waals surface area contributed by atoms with Crippen molar-refractivity contribution in [1.82, 2.24) is 10.0 Å². The summed E-state index contributed by atoms with van der Waals surface area (Å²) in [6.07, 6.45) is 1.02. The van der Waals surface area contributed by atoms with E-state index in [-0.39, 0.29) is 23.8 Å². The normalized spacial score (nSPS) is 28.7. The van der Waals surface area contributed by atoms with E-state index in [2.05, 4.69) is 38.1 Å². The molecule has 3 fully saturated rings. The number of carbonyl (C=O) groups is 2. The van der Waals surface area contributed by atoms with E-state index < -0.39 is 6.04 Å². The molecule has 2 amide bonds. The quantitative estimate of drug-likeness (QED) is 0.712. The van der Waals surface area contributed by atoms with E-state index in [0.717, 1.165) is 29.5 Å². The number of hydrogen-bond acceptors (Lipinski definition) is 4. The minimum atomic E-state index is -0.401. The number of fused-ring (bicyclic) bond motifs is 3. The average Bonchev–Trinajstić information content (AvgIpc) is 3.29. The van der Waals surface area contributed by atoms with Crippen molar-refractivity contribution in [3.63, 3.8) is 0 Å². The second kappa shape index (κ2) is 6.01. The SMILES string of the molecule is O=C1[C@H]2[C@@H](C(=O)N1c1ccccc1Br)N1CCCN1[C@H]2c1ccccc1. The Labute approximate surface area is 160 Å². The average molecular weight is 412 g/mol. The molecule has 3 aliphatic heterocycles. The number of imide groups is 1. The first-order valence-corrected chi connectivity index (χ1v) is 9.68. The molecule has 5 rings (SSSR count). The fourth-order valence-corrected chi connectivity index (χ4v) is 5.10. The third-order valence-corrected chi connectivity index (χ3v) is 6.31. The van der Waals surface area contributed by atoms with Crippen LogP contribution in [0.3, 0.4) is 0 Å². The number of hydrazine groups is 1. The summed E-state index contributed by atoms with van der Waals surface area (Å²) in [5.74, 6) is -0.579. The topological polar surface area (TPSA) is 43.9 Å². The summed E-state index contributed by atoms with van der Waals surface area (Å²) in [6, 6.07) is 17.0. The van der Waals surface area contributed by atoms with E-state index in [1.165, 1.54) is 4.90 Å². The Morgan fingerprint density at radius 3 is 2.19 bits per heavy atom. The molecule has 0 N–H and O–H groups in total. The van der Waals surface area contributed by atoms with Crippen molar-refractivity contribution in [2.24, 2.45) is 5.92 Å². The molecular weight excluding hydrogens is 394 g/mol. The fourth-order valence-electron chi connectivity index (χ4n) is 4.63. The van der Waals surface area contributed by atoms with Crippen LogP contribution in [0.25, 0.3) is 0 Å². The highest BCUT2D eigenvalue weighted by molar-refractivity contribution is 9.10. The zero-order valence-corrected chi connectivity index (χ0v) is 15.7.